The first-order valence-corrected chi connectivity index (χ1v) is 6.08. The van der Waals surface area contributed by atoms with E-state index in [1.807, 2.05) is 12.1 Å². The summed E-state index contributed by atoms with van der Waals surface area (Å²) in [6, 6.07) is 6.21. The molecule has 90 valence electrons. The molecular formula is C13H18N4. The Hall–Kier alpha value is -1.60. The highest BCUT2D eigenvalue weighted by Crippen LogP contribution is 2.25. The lowest BCUT2D eigenvalue weighted by molar-refractivity contribution is 0.364. The van der Waals surface area contributed by atoms with Crippen LogP contribution < -0.4 is 10.6 Å². The SMILES string of the molecule is CC(N)C1CCCN(c2cccnc2C#N)C1. The first kappa shape index (κ1) is 11.9. The van der Waals surface area contributed by atoms with Crippen LogP contribution in [0.15, 0.2) is 18.3 Å². The van der Waals surface area contributed by atoms with Gasteiger partial charge in [-0.2, -0.15) is 5.26 Å². The number of nitrogens with zero attached hydrogens (tertiary/aromatic N) is 3. The van der Waals surface area contributed by atoms with Crippen molar-refractivity contribution in [3.05, 3.63) is 24.0 Å². The van der Waals surface area contributed by atoms with Crippen LogP contribution >= 0.6 is 0 Å². The highest BCUT2D eigenvalue weighted by molar-refractivity contribution is 5.55. The molecule has 0 aromatic carbocycles. The molecule has 2 unspecified atom stereocenters. The summed E-state index contributed by atoms with van der Waals surface area (Å²) < 4.78 is 0. The third-order valence-electron chi connectivity index (χ3n) is 3.43. The summed E-state index contributed by atoms with van der Waals surface area (Å²) in [7, 11) is 0. The summed E-state index contributed by atoms with van der Waals surface area (Å²) in [4.78, 5) is 6.35. The van der Waals surface area contributed by atoms with Gasteiger partial charge in [-0.25, -0.2) is 4.98 Å². The molecule has 0 spiro atoms. The highest BCUT2D eigenvalue weighted by Gasteiger charge is 2.24. The van der Waals surface area contributed by atoms with E-state index in [1.165, 1.54) is 6.42 Å². The molecular weight excluding hydrogens is 212 g/mol. The van der Waals surface area contributed by atoms with E-state index in [9.17, 15) is 0 Å². The monoisotopic (exact) mass is 230 g/mol. The molecule has 1 aliphatic heterocycles. The van der Waals surface area contributed by atoms with Gasteiger partial charge in [-0.15, -0.1) is 0 Å². The fraction of sp³-hybridized carbons (Fsp3) is 0.538. The number of nitriles is 1. The summed E-state index contributed by atoms with van der Waals surface area (Å²) in [6.07, 6.45) is 3.97. The van der Waals surface area contributed by atoms with Gasteiger partial charge in [0.2, 0.25) is 0 Å². The summed E-state index contributed by atoms with van der Waals surface area (Å²) in [5, 5.41) is 9.06. The molecule has 1 aromatic rings. The van der Waals surface area contributed by atoms with Gasteiger partial charge >= 0.3 is 0 Å². The Kier molecular flexibility index (Phi) is 3.60. The van der Waals surface area contributed by atoms with Gasteiger partial charge in [0.1, 0.15) is 6.07 Å². The maximum atomic E-state index is 9.06. The second-order valence-corrected chi connectivity index (χ2v) is 4.69. The molecule has 2 rings (SSSR count). The van der Waals surface area contributed by atoms with Gasteiger partial charge in [0.15, 0.2) is 5.69 Å². The van der Waals surface area contributed by atoms with Crippen molar-refractivity contribution < 1.29 is 0 Å². The Balaban J connectivity index is 2.19. The third-order valence-corrected chi connectivity index (χ3v) is 3.43. The number of nitrogens with two attached hydrogens (primary N) is 1. The predicted molar refractivity (Wildman–Crippen MR) is 67.5 cm³/mol. The summed E-state index contributed by atoms with van der Waals surface area (Å²) in [5.74, 6) is 0.510. The van der Waals surface area contributed by atoms with Crippen LogP contribution in [0.2, 0.25) is 0 Å². The van der Waals surface area contributed by atoms with Crippen molar-refractivity contribution in [2.45, 2.75) is 25.8 Å². The predicted octanol–water partition coefficient (Wildman–Crippen LogP) is 1.52. The Labute approximate surface area is 102 Å². The minimum atomic E-state index is 0.208. The molecule has 2 atom stereocenters. The number of anilines is 1. The van der Waals surface area contributed by atoms with E-state index >= 15 is 0 Å². The lowest BCUT2D eigenvalue weighted by Gasteiger charge is -2.36. The van der Waals surface area contributed by atoms with E-state index < -0.39 is 0 Å². The molecule has 1 saturated heterocycles. The number of pyridine rings is 1. The van der Waals surface area contributed by atoms with E-state index in [-0.39, 0.29) is 6.04 Å². The summed E-state index contributed by atoms with van der Waals surface area (Å²) in [6.45, 7) is 3.98. The number of hydrogen-bond donors (Lipinski definition) is 1. The van der Waals surface area contributed by atoms with Crippen molar-refractivity contribution >= 4 is 5.69 Å². The van der Waals surface area contributed by atoms with Gasteiger partial charge in [0, 0.05) is 25.3 Å². The molecule has 2 heterocycles. The Morgan fingerprint density at radius 1 is 1.65 bits per heavy atom. The van der Waals surface area contributed by atoms with Crippen molar-refractivity contribution in [1.29, 1.82) is 5.26 Å². The first-order valence-electron chi connectivity index (χ1n) is 6.08. The maximum Gasteiger partial charge on any atom is 0.163 e. The Morgan fingerprint density at radius 2 is 2.47 bits per heavy atom. The molecule has 0 aliphatic carbocycles. The number of aromatic nitrogens is 1. The molecule has 0 saturated carbocycles. The third kappa shape index (κ3) is 2.56. The highest BCUT2D eigenvalue weighted by atomic mass is 15.1. The minimum Gasteiger partial charge on any atom is -0.369 e. The van der Waals surface area contributed by atoms with Crippen LogP contribution in [0.25, 0.3) is 0 Å². The van der Waals surface area contributed by atoms with Crippen molar-refractivity contribution in [3.8, 4) is 6.07 Å². The standard InChI is InChI=1S/C13H18N4/c1-10(15)11-4-3-7-17(9-11)13-5-2-6-16-12(13)8-14/h2,5-6,10-11H,3-4,7,9,15H2,1H3. The van der Waals surface area contributed by atoms with Gasteiger partial charge in [0.25, 0.3) is 0 Å². The van der Waals surface area contributed by atoms with E-state index in [4.69, 9.17) is 11.0 Å². The smallest absolute Gasteiger partial charge is 0.163 e. The van der Waals surface area contributed by atoms with Crippen LogP contribution in [-0.2, 0) is 0 Å². The molecule has 0 amide bonds. The second-order valence-electron chi connectivity index (χ2n) is 4.69. The number of hydrogen-bond acceptors (Lipinski definition) is 4. The number of piperidine rings is 1. The van der Waals surface area contributed by atoms with Crippen LogP contribution in [0.1, 0.15) is 25.5 Å². The molecule has 0 radical (unpaired) electrons. The van der Waals surface area contributed by atoms with Crippen LogP contribution in [0, 0.1) is 17.2 Å². The lowest BCUT2D eigenvalue weighted by atomic mass is 9.92. The van der Waals surface area contributed by atoms with Crippen LogP contribution in [0.5, 0.6) is 0 Å². The minimum absolute atomic E-state index is 0.208. The van der Waals surface area contributed by atoms with Gasteiger partial charge in [-0.1, -0.05) is 0 Å². The molecule has 4 heteroatoms. The van der Waals surface area contributed by atoms with E-state index in [2.05, 4.69) is 22.9 Å². The van der Waals surface area contributed by atoms with Gasteiger partial charge in [0.05, 0.1) is 5.69 Å². The largest absolute Gasteiger partial charge is 0.369 e. The Bertz CT molecular complexity index is 422. The van der Waals surface area contributed by atoms with Gasteiger partial charge < -0.3 is 10.6 Å². The Morgan fingerprint density at radius 3 is 3.18 bits per heavy atom. The van der Waals surface area contributed by atoms with E-state index in [1.54, 1.807) is 6.20 Å². The summed E-state index contributed by atoms with van der Waals surface area (Å²) in [5.41, 5.74) is 7.43. The zero-order valence-electron chi connectivity index (χ0n) is 10.1. The van der Waals surface area contributed by atoms with Crippen molar-refractivity contribution in [3.63, 3.8) is 0 Å². The molecule has 1 fully saturated rings. The number of rotatable bonds is 2. The van der Waals surface area contributed by atoms with Gasteiger partial charge in [-0.05, 0) is 37.8 Å². The molecule has 0 bridgehead atoms. The van der Waals surface area contributed by atoms with Crippen LogP contribution in [-0.4, -0.2) is 24.1 Å². The van der Waals surface area contributed by atoms with Crippen molar-refractivity contribution in [1.82, 2.24) is 4.98 Å². The average molecular weight is 230 g/mol. The molecule has 2 N–H and O–H groups in total. The quantitative estimate of drug-likeness (QED) is 0.836. The fourth-order valence-electron chi connectivity index (χ4n) is 2.40. The lowest BCUT2D eigenvalue weighted by Crippen LogP contribution is -2.42. The van der Waals surface area contributed by atoms with Gasteiger partial charge in [-0.3, -0.25) is 0 Å². The second kappa shape index (κ2) is 5.15. The summed E-state index contributed by atoms with van der Waals surface area (Å²) >= 11 is 0. The van der Waals surface area contributed by atoms with Crippen molar-refractivity contribution in [2.75, 3.05) is 18.0 Å². The molecule has 17 heavy (non-hydrogen) atoms. The molecule has 1 aromatic heterocycles. The van der Waals surface area contributed by atoms with E-state index in [0.29, 0.717) is 11.6 Å². The van der Waals surface area contributed by atoms with E-state index in [0.717, 1.165) is 25.2 Å². The maximum absolute atomic E-state index is 9.06. The molecule has 4 nitrogen and oxygen atoms in total. The van der Waals surface area contributed by atoms with Crippen molar-refractivity contribution in [2.24, 2.45) is 11.7 Å². The first-order chi connectivity index (χ1) is 8.22. The fourth-order valence-corrected chi connectivity index (χ4v) is 2.40. The zero-order chi connectivity index (χ0) is 12.3. The normalized spacial score (nSPS) is 21.9. The zero-order valence-corrected chi connectivity index (χ0v) is 10.1. The van der Waals surface area contributed by atoms with Crippen LogP contribution in [0.4, 0.5) is 5.69 Å². The topological polar surface area (TPSA) is 65.9 Å². The average Bonchev–Trinajstić information content (AvgIpc) is 2.39. The molecule has 1 aliphatic rings. The van der Waals surface area contributed by atoms with Crippen LogP contribution in [0.3, 0.4) is 0 Å².